The summed E-state index contributed by atoms with van der Waals surface area (Å²) in [5.74, 6) is 0.730. The molecule has 4 nitrogen and oxygen atoms in total. The van der Waals surface area contributed by atoms with Crippen molar-refractivity contribution < 1.29 is 9.84 Å². The Hall–Kier alpha value is -2.04. The van der Waals surface area contributed by atoms with Crippen LogP contribution in [0.3, 0.4) is 0 Å². The molecule has 2 aromatic rings. The predicted molar refractivity (Wildman–Crippen MR) is 82.9 cm³/mol. The fourth-order valence-corrected chi connectivity index (χ4v) is 2.64. The lowest BCUT2D eigenvalue weighted by Gasteiger charge is -2.19. The number of nitrogens with two attached hydrogens (primary N) is 1. The van der Waals surface area contributed by atoms with Gasteiger partial charge in [-0.05, 0) is 35.4 Å². The molecular formula is C17H20N2O2. The summed E-state index contributed by atoms with van der Waals surface area (Å²) in [5, 5.41) is 10.1. The Morgan fingerprint density at radius 2 is 1.67 bits per heavy atom. The van der Waals surface area contributed by atoms with Crippen LogP contribution in [0.15, 0.2) is 48.5 Å². The van der Waals surface area contributed by atoms with Crippen molar-refractivity contribution in [1.82, 2.24) is 4.90 Å². The van der Waals surface area contributed by atoms with Crippen LogP contribution >= 0.6 is 0 Å². The molecule has 1 unspecified atom stereocenters. The Labute approximate surface area is 124 Å². The van der Waals surface area contributed by atoms with Gasteiger partial charge in [0.15, 0.2) is 0 Å². The van der Waals surface area contributed by atoms with E-state index in [1.54, 1.807) is 12.1 Å². The highest BCUT2D eigenvalue weighted by atomic mass is 16.5. The minimum atomic E-state index is -0.503. The van der Waals surface area contributed by atoms with Gasteiger partial charge in [0.1, 0.15) is 18.5 Å². The van der Waals surface area contributed by atoms with E-state index >= 15 is 0 Å². The molecule has 0 spiro atoms. The van der Waals surface area contributed by atoms with Gasteiger partial charge in [0.2, 0.25) is 0 Å². The third-order valence-electron chi connectivity index (χ3n) is 3.70. The quantitative estimate of drug-likeness (QED) is 0.825. The molecule has 0 saturated carbocycles. The smallest absolute Gasteiger partial charge is 0.119 e. The molecule has 0 fully saturated rings. The van der Waals surface area contributed by atoms with E-state index in [-0.39, 0.29) is 6.61 Å². The lowest BCUT2D eigenvalue weighted by Crippen LogP contribution is -2.32. The molecule has 0 bridgehead atoms. The van der Waals surface area contributed by atoms with E-state index in [2.05, 4.69) is 29.2 Å². The van der Waals surface area contributed by atoms with Crippen molar-refractivity contribution in [3.8, 4) is 5.75 Å². The maximum atomic E-state index is 10.1. The monoisotopic (exact) mass is 284 g/mol. The molecule has 0 radical (unpaired) electrons. The minimum Gasteiger partial charge on any atom is -0.491 e. The molecule has 21 heavy (non-hydrogen) atoms. The third-order valence-corrected chi connectivity index (χ3v) is 3.70. The highest BCUT2D eigenvalue weighted by molar-refractivity contribution is 5.41. The van der Waals surface area contributed by atoms with Crippen molar-refractivity contribution in [2.24, 2.45) is 0 Å². The van der Waals surface area contributed by atoms with E-state index in [0.29, 0.717) is 12.2 Å². The van der Waals surface area contributed by atoms with Crippen LogP contribution in [-0.2, 0) is 13.1 Å². The van der Waals surface area contributed by atoms with Crippen molar-refractivity contribution in [2.75, 3.05) is 18.9 Å². The van der Waals surface area contributed by atoms with Crippen LogP contribution in [0, 0.1) is 0 Å². The first kappa shape index (κ1) is 13.9. The lowest BCUT2D eigenvalue weighted by atomic mass is 10.1. The lowest BCUT2D eigenvalue weighted by molar-refractivity contribution is 0.0673. The van der Waals surface area contributed by atoms with Crippen molar-refractivity contribution in [1.29, 1.82) is 0 Å². The molecule has 3 rings (SSSR count). The molecule has 0 saturated heterocycles. The fraction of sp³-hybridized carbons (Fsp3) is 0.294. The first-order valence-corrected chi connectivity index (χ1v) is 7.16. The standard InChI is InChI=1S/C17H20N2O2/c18-15-5-7-17(8-6-15)21-12-16(20)11-19-9-13-3-1-2-4-14(13)10-19/h1-8,16,20H,9-12,18H2. The number of nitrogens with zero attached hydrogens (tertiary/aromatic N) is 1. The van der Waals surface area contributed by atoms with Crippen molar-refractivity contribution in [3.63, 3.8) is 0 Å². The summed E-state index contributed by atoms with van der Waals surface area (Å²) >= 11 is 0. The van der Waals surface area contributed by atoms with Crippen molar-refractivity contribution >= 4 is 5.69 Å². The van der Waals surface area contributed by atoms with Gasteiger partial charge in [-0.25, -0.2) is 0 Å². The van der Waals surface area contributed by atoms with Crippen molar-refractivity contribution in [2.45, 2.75) is 19.2 Å². The number of hydrogen-bond acceptors (Lipinski definition) is 4. The van der Waals surface area contributed by atoms with Gasteiger partial charge in [-0.3, -0.25) is 4.90 Å². The van der Waals surface area contributed by atoms with Crippen LogP contribution < -0.4 is 10.5 Å². The number of rotatable bonds is 5. The normalized spacial score (nSPS) is 15.7. The fourth-order valence-electron chi connectivity index (χ4n) is 2.64. The summed E-state index contributed by atoms with van der Waals surface area (Å²) in [6, 6.07) is 15.6. The maximum Gasteiger partial charge on any atom is 0.119 e. The number of nitrogen functional groups attached to an aromatic ring is 1. The summed E-state index contributed by atoms with van der Waals surface area (Å²) in [4.78, 5) is 2.24. The zero-order chi connectivity index (χ0) is 14.7. The van der Waals surface area contributed by atoms with Crippen LogP contribution in [0.2, 0.25) is 0 Å². The van der Waals surface area contributed by atoms with E-state index in [0.717, 1.165) is 18.8 Å². The molecular weight excluding hydrogens is 264 g/mol. The largest absolute Gasteiger partial charge is 0.491 e. The first-order valence-electron chi connectivity index (χ1n) is 7.16. The summed E-state index contributed by atoms with van der Waals surface area (Å²) in [5.41, 5.74) is 9.03. The molecule has 0 aliphatic carbocycles. The van der Waals surface area contributed by atoms with E-state index in [1.807, 2.05) is 12.1 Å². The zero-order valence-electron chi connectivity index (χ0n) is 11.9. The van der Waals surface area contributed by atoms with Crippen LogP contribution in [0.1, 0.15) is 11.1 Å². The molecule has 2 aromatic carbocycles. The van der Waals surface area contributed by atoms with E-state index in [4.69, 9.17) is 10.5 Å². The summed E-state index contributed by atoms with van der Waals surface area (Å²) in [6.07, 6.45) is -0.503. The average Bonchev–Trinajstić information content (AvgIpc) is 2.88. The van der Waals surface area contributed by atoms with Gasteiger partial charge in [0.05, 0.1) is 0 Å². The Morgan fingerprint density at radius 3 is 2.29 bits per heavy atom. The molecule has 110 valence electrons. The van der Waals surface area contributed by atoms with Gasteiger partial charge in [-0.15, -0.1) is 0 Å². The topological polar surface area (TPSA) is 58.7 Å². The number of aliphatic hydroxyl groups is 1. The Morgan fingerprint density at radius 1 is 1.05 bits per heavy atom. The number of β-amino-alcohol motifs (C(OH)–C–C–N with tert-alkyl or cyclic N) is 1. The number of ether oxygens (including phenoxy) is 1. The molecule has 3 N–H and O–H groups in total. The summed E-state index contributed by atoms with van der Waals surface area (Å²) in [7, 11) is 0. The molecule has 1 atom stereocenters. The van der Waals surface area contributed by atoms with E-state index in [1.165, 1.54) is 11.1 Å². The van der Waals surface area contributed by atoms with Crippen molar-refractivity contribution in [3.05, 3.63) is 59.7 Å². The van der Waals surface area contributed by atoms with Gasteiger partial charge in [-0.1, -0.05) is 24.3 Å². The minimum absolute atomic E-state index is 0.288. The predicted octanol–water partition coefficient (Wildman–Crippen LogP) is 2.02. The number of anilines is 1. The van der Waals surface area contributed by atoms with Crippen LogP contribution in [0.4, 0.5) is 5.69 Å². The number of fused-ring (bicyclic) bond motifs is 1. The summed E-state index contributed by atoms with van der Waals surface area (Å²) in [6.45, 7) is 2.70. The second-order valence-corrected chi connectivity index (χ2v) is 5.47. The molecule has 4 heteroatoms. The average molecular weight is 284 g/mol. The Balaban J connectivity index is 1.47. The van der Waals surface area contributed by atoms with Gasteiger partial charge < -0.3 is 15.6 Å². The Bertz CT molecular complexity index is 573. The SMILES string of the molecule is Nc1ccc(OCC(O)CN2Cc3ccccc3C2)cc1. The van der Waals surface area contributed by atoms with Gasteiger partial charge in [0, 0.05) is 25.3 Å². The second kappa shape index (κ2) is 6.16. The van der Waals surface area contributed by atoms with Gasteiger partial charge >= 0.3 is 0 Å². The van der Waals surface area contributed by atoms with E-state index in [9.17, 15) is 5.11 Å². The Kier molecular flexibility index (Phi) is 4.08. The molecule has 1 heterocycles. The van der Waals surface area contributed by atoms with Crippen LogP contribution in [0.5, 0.6) is 5.75 Å². The molecule has 1 aliphatic heterocycles. The third kappa shape index (κ3) is 3.54. The van der Waals surface area contributed by atoms with Crippen LogP contribution in [0.25, 0.3) is 0 Å². The zero-order valence-corrected chi connectivity index (χ0v) is 11.9. The number of aliphatic hydroxyl groups excluding tert-OH is 1. The number of benzene rings is 2. The summed E-state index contributed by atoms with van der Waals surface area (Å²) < 4.78 is 5.58. The second-order valence-electron chi connectivity index (χ2n) is 5.47. The van der Waals surface area contributed by atoms with Gasteiger partial charge in [-0.2, -0.15) is 0 Å². The van der Waals surface area contributed by atoms with E-state index < -0.39 is 6.10 Å². The highest BCUT2D eigenvalue weighted by Crippen LogP contribution is 2.22. The first-order chi connectivity index (χ1) is 10.2. The highest BCUT2D eigenvalue weighted by Gasteiger charge is 2.20. The molecule has 0 aromatic heterocycles. The molecule has 1 aliphatic rings. The van der Waals surface area contributed by atoms with Gasteiger partial charge in [0.25, 0.3) is 0 Å². The maximum absolute atomic E-state index is 10.1. The van der Waals surface area contributed by atoms with Crippen LogP contribution in [-0.4, -0.2) is 29.3 Å². The molecule has 0 amide bonds. The number of hydrogen-bond donors (Lipinski definition) is 2.